The van der Waals surface area contributed by atoms with Crippen LogP contribution in [0.5, 0.6) is 5.75 Å². The van der Waals surface area contributed by atoms with E-state index >= 15 is 0 Å². The van der Waals surface area contributed by atoms with E-state index in [1.807, 2.05) is 13.8 Å². The van der Waals surface area contributed by atoms with Crippen molar-refractivity contribution in [2.24, 2.45) is 5.92 Å². The molecule has 1 aromatic rings. The average molecular weight is 399 g/mol. The molecule has 0 bridgehead atoms. The third-order valence-electron chi connectivity index (χ3n) is 4.56. The molecule has 1 saturated heterocycles. The molecule has 2 rings (SSSR count). The largest absolute Gasteiger partial charge is 0.497 e. The van der Waals surface area contributed by atoms with Crippen LogP contribution in [0.2, 0.25) is 0 Å². The van der Waals surface area contributed by atoms with Gasteiger partial charge in [-0.2, -0.15) is 4.72 Å². The average Bonchev–Trinajstić information content (AvgIpc) is 2.59. The number of methoxy groups -OCH3 is 1. The zero-order valence-corrected chi connectivity index (χ0v) is 17.6. The van der Waals surface area contributed by atoms with Gasteiger partial charge in [0.2, 0.25) is 15.9 Å². The standard InChI is InChI=1S/C19H30N2O5S/c1-13(2)10-17(19(22)21-6-8-26-9-7-21)20-27(23,24)18-14(3)11-16(25-5)12-15(18)4/h11-13,17,20H,6-10H2,1-5H3/t17-/m1/s1. The van der Waals surface area contributed by atoms with Crippen LogP contribution < -0.4 is 9.46 Å². The SMILES string of the molecule is COc1cc(C)c(S(=O)(=O)N[C@H](CC(C)C)C(=O)N2CCOCC2)c(C)c1. The second-order valence-electron chi connectivity index (χ2n) is 7.33. The second kappa shape index (κ2) is 9.03. The molecule has 0 saturated carbocycles. The fraction of sp³-hybridized carbons (Fsp3) is 0.632. The first kappa shape index (κ1) is 21.7. The zero-order valence-electron chi connectivity index (χ0n) is 16.7. The van der Waals surface area contributed by atoms with Gasteiger partial charge in [0.25, 0.3) is 0 Å². The van der Waals surface area contributed by atoms with Gasteiger partial charge in [-0.15, -0.1) is 0 Å². The first-order chi connectivity index (χ1) is 12.7. The quantitative estimate of drug-likeness (QED) is 0.758. The molecule has 27 heavy (non-hydrogen) atoms. The molecule has 1 aliphatic heterocycles. The van der Waals surface area contributed by atoms with E-state index in [0.29, 0.717) is 49.6 Å². The Morgan fingerprint density at radius 1 is 1.22 bits per heavy atom. The summed E-state index contributed by atoms with van der Waals surface area (Å²) in [6, 6.07) is 2.57. The molecule has 1 N–H and O–H groups in total. The summed E-state index contributed by atoms with van der Waals surface area (Å²) in [5, 5.41) is 0. The normalized spacial score (nSPS) is 16.4. The summed E-state index contributed by atoms with van der Waals surface area (Å²) in [4.78, 5) is 14.8. The fourth-order valence-electron chi connectivity index (χ4n) is 3.37. The molecule has 152 valence electrons. The first-order valence-electron chi connectivity index (χ1n) is 9.19. The minimum absolute atomic E-state index is 0.167. The van der Waals surface area contributed by atoms with Crippen molar-refractivity contribution in [1.82, 2.24) is 9.62 Å². The minimum Gasteiger partial charge on any atom is -0.497 e. The molecule has 0 radical (unpaired) electrons. The molecule has 7 nitrogen and oxygen atoms in total. The molecule has 0 unspecified atom stereocenters. The van der Waals surface area contributed by atoms with Crippen molar-refractivity contribution in [3.05, 3.63) is 23.3 Å². The number of carbonyl (C=O) groups excluding carboxylic acids is 1. The lowest BCUT2D eigenvalue weighted by molar-refractivity contribution is -0.137. The molecule has 1 fully saturated rings. The Hall–Kier alpha value is -1.64. The Morgan fingerprint density at radius 3 is 2.26 bits per heavy atom. The number of hydrogen-bond donors (Lipinski definition) is 1. The predicted octanol–water partition coefficient (Wildman–Crippen LogP) is 1.86. The molecule has 1 aliphatic rings. The van der Waals surface area contributed by atoms with Crippen molar-refractivity contribution >= 4 is 15.9 Å². The Kier molecular flexibility index (Phi) is 7.25. The lowest BCUT2D eigenvalue weighted by Gasteiger charge is -2.31. The van der Waals surface area contributed by atoms with Gasteiger partial charge in [0.1, 0.15) is 11.8 Å². The highest BCUT2D eigenvalue weighted by Crippen LogP contribution is 2.26. The molecular formula is C19H30N2O5S. The van der Waals surface area contributed by atoms with Crippen LogP contribution in [0, 0.1) is 19.8 Å². The van der Waals surface area contributed by atoms with Gasteiger partial charge in [0.15, 0.2) is 0 Å². The van der Waals surface area contributed by atoms with Gasteiger partial charge >= 0.3 is 0 Å². The van der Waals surface area contributed by atoms with Gasteiger partial charge in [-0.3, -0.25) is 4.79 Å². The van der Waals surface area contributed by atoms with Gasteiger partial charge in [0.05, 0.1) is 25.2 Å². The predicted molar refractivity (Wildman–Crippen MR) is 103 cm³/mol. The molecule has 1 atom stereocenters. The van der Waals surface area contributed by atoms with E-state index in [9.17, 15) is 13.2 Å². The lowest BCUT2D eigenvalue weighted by Crippen LogP contribution is -2.52. The van der Waals surface area contributed by atoms with Crippen molar-refractivity contribution in [1.29, 1.82) is 0 Å². The highest BCUT2D eigenvalue weighted by atomic mass is 32.2. The number of amides is 1. The van der Waals surface area contributed by atoms with E-state index in [1.54, 1.807) is 38.0 Å². The lowest BCUT2D eigenvalue weighted by atomic mass is 10.0. The first-order valence-corrected chi connectivity index (χ1v) is 10.7. The van der Waals surface area contributed by atoms with Crippen LogP contribution in [0.3, 0.4) is 0 Å². The van der Waals surface area contributed by atoms with Gasteiger partial charge in [-0.05, 0) is 49.4 Å². The van der Waals surface area contributed by atoms with E-state index < -0.39 is 16.1 Å². The van der Waals surface area contributed by atoms with E-state index in [1.165, 1.54) is 0 Å². The van der Waals surface area contributed by atoms with Crippen molar-refractivity contribution in [3.8, 4) is 5.75 Å². The Labute approximate surface area is 162 Å². The topological polar surface area (TPSA) is 84.9 Å². The maximum atomic E-state index is 13.1. The van der Waals surface area contributed by atoms with E-state index in [-0.39, 0.29) is 16.7 Å². The smallest absolute Gasteiger partial charge is 0.241 e. The number of rotatable bonds is 7. The Morgan fingerprint density at radius 2 is 1.78 bits per heavy atom. The number of benzene rings is 1. The number of hydrogen-bond acceptors (Lipinski definition) is 5. The van der Waals surface area contributed by atoms with Crippen LogP contribution in [-0.4, -0.2) is 58.7 Å². The van der Waals surface area contributed by atoms with Crippen LogP contribution in [0.15, 0.2) is 17.0 Å². The molecule has 0 aliphatic carbocycles. The molecule has 0 spiro atoms. The van der Waals surface area contributed by atoms with Crippen molar-refractivity contribution < 1.29 is 22.7 Å². The number of sulfonamides is 1. The number of morpholine rings is 1. The number of ether oxygens (including phenoxy) is 2. The maximum absolute atomic E-state index is 13.1. The van der Waals surface area contributed by atoms with Crippen LogP contribution in [-0.2, 0) is 19.6 Å². The molecular weight excluding hydrogens is 368 g/mol. The number of nitrogens with zero attached hydrogens (tertiary/aromatic N) is 1. The minimum atomic E-state index is -3.86. The maximum Gasteiger partial charge on any atom is 0.241 e. The molecule has 1 heterocycles. The number of aryl methyl sites for hydroxylation is 2. The Bertz CT molecular complexity index is 747. The van der Waals surface area contributed by atoms with Crippen LogP contribution in [0.25, 0.3) is 0 Å². The van der Waals surface area contributed by atoms with E-state index in [0.717, 1.165) is 0 Å². The van der Waals surface area contributed by atoms with E-state index in [2.05, 4.69) is 4.72 Å². The van der Waals surface area contributed by atoms with E-state index in [4.69, 9.17) is 9.47 Å². The molecule has 1 aromatic carbocycles. The third-order valence-corrected chi connectivity index (χ3v) is 6.34. The van der Waals surface area contributed by atoms with Crippen LogP contribution in [0.4, 0.5) is 0 Å². The third kappa shape index (κ3) is 5.43. The van der Waals surface area contributed by atoms with Crippen molar-refractivity contribution in [2.75, 3.05) is 33.4 Å². The number of nitrogens with one attached hydrogen (secondary N) is 1. The van der Waals surface area contributed by atoms with Gasteiger partial charge in [0, 0.05) is 13.1 Å². The van der Waals surface area contributed by atoms with Crippen molar-refractivity contribution in [3.63, 3.8) is 0 Å². The summed E-state index contributed by atoms with van der Waals surface area (Å²) in [5.41, 5.74) is 1.17. The molecule has 8 heteroatoms. The summed E-state index contributed by atoms with van der Waals surface area (Å²) in [5.74, 6) is 0.576. The van der Waals surface area contributed by atoms with Gasteiger partial charge < -0.3 is 14.4 Å². The van der Waals surface area contributed by atoms with Crippen molar-refractivity contribution in [2.45, 2.75) is 45.1 Å². The number of carbonyl (C=O) groups is 1. The summed E-state index contributed by atoms with van der Waals surface area (Å²) in [6.45, 7) is 9.31. The summed E-state index contributed by atoms with van der Waals surface area (Å²) in [6.07, 6.45) is 0.434. The van der Waals surface area contributed by atoms with Gasteiger partial charge in [-0.1, -0.05) is 13.8 Å². The highest BCUT2D eigenvalue weighted by Gasteiger charge is 2.32. The highest BCUT2D eigenvalue weighted by molar-refractivity contribution is 7.89. The molecule has 1 amide bonds. The second-order valence-corrected chi connectivity index (χ2v) is 8.98. The molecule has 0 aromatic heterocycles. The summed E-state index contributed by atoms with van der Waals surface area (Å²) < 4.78 is 39.4. The monoisotopic (exact) mass is 398 g/mol. The van der Waals surface area contributed by atoms with Crippen LogP contribution >= 0.6 is 0 Å². The van der Waals surface area contributed by atoms with Gasteiger partial charge in [-0.25, -0.2) is 8.42 Å². The summed E-state index contributed by atoms with van der Waals surface area (Å²) in [7, 11) is -2.32. The van der Waals surface area contributed by atoms with Crippen LogP contribution in [0.1, 0.15) is 31.4 Å². The fourth-order valence-corrected chi connectivity index (χ4v) is 5.03. The summed E-state index contributed by atoms with van der Waals surface area (Å²) >= 11 is 0. The zero-order chi connectivity index (χ0) is 20.2. The Balaban J connectivity index is 2.31.